The van der Waals surface area contributed by atoms with Gasteiger partial charge >= 0.3 is 0 Å². The standard InChI is InChI=1S/C13H15N3O/c1-4-10-9(3)15-12(16-13(10)17)11-5-6-14-7-8(11)2/h5-7H,4H2,1-3H3,(H,15,16,17). The van der Waals surface area contributed by atoms with Crippen LogP contribution in [0.3, 0.4) is 0 Å². The maximum atomic E-state index is 11.9. The second-order valence-electron chi connectivity index (χ2n) is 4.02. The van der Waals surface area contributed by atoms with Gasteiger partial charge in [-0.2, -0.15) is 0 Å². The Kier molecular flexibility index (Phi) is 3.04. The number of H-pyrrole nitrogens is 1. The van der Waals surface area contributed by atoms with Gasteiger partial charge in [0.25, 0.3) is 5.56 Å². The number of aromatic amines is 1. The maximum Gasteiger partial charge on any atom is 0.254 e. The Morgan fingerprint density at radius 3 is 2.71 bits per heavy atom. The summed E-state index contributed by atoms with van der Waals surface area (Å²) in [5.74, 6) is 0.615. The second kappa shape index (κ2) is 4.49. The van der Waals surface area contributed by atoms with Gasteiger partial charge < -0.3 is 4.98 Å². The van der Waals surface area contributed by atoms with E-state index in [1.807, 2.05) is 26.8 Å². The van der Waals surface area contributed by atoms with E-state index in [9.17, 15) is 4.79 Å². The zero-order valence-electron chi connectivity index (χ0n) is 10.2. The van der Waals surface area contributed by atoms with E-state index >= 15 is 0 Å². The lowest BCUT2D eigenvalue weighted by molar-refractivity contribution is 0.965. The Morgan fingerprint density at radius 1 is 1.35 bits per heavy atom. The minimum Gasteiger partial charge on any atom is -0.306 e. The fourth-order valence-corrected chi connectivity index (χ4v) is 1.89. The summed E-state index contributed by atoms with van der Waals surface area (Å²) in [6.45, 7) is 5.77. The lowest BCUT2D eigenvalue weighted by atomic mass is 10.1. The maximum absolute atomic E-state index is 11.9. The summed E-state index contributed by atoms with van der Waals surface area (Å²) in [4.78, 5) is 23.2. The molecule has 0 aliphatic carbocycles. The summed E-state index contributed by atoms with van der Waals surface area (Å²) in [5.41, 5.74) is 3.41. The highest BCUT2D eigenvalue weighted by Gasteiger charge is 2.09. The summed E-state index contributed by atoms with van der Waals surface area (Å²) >= 11 is 0. The molecule has 0 unspecified atom stereocenters. The fourth-order valence-electron chi connectivity index (χ4n) is 1.89. The summed E-state index contributed by atoms with van der Waals surface area (Å²) in [6.07, 6.45) is 4.16. The van der Waals surface area contributed by atoms with E-state index in [1.165, 1.54) is 0 Å². The molecule has 0 amide bonds. The summed E-state index contributed by atoms with van der Waals surface area (Å²) < 4.78 is 0. The van der Waals surface area contributed by atoms with Gasteiger partial charge in [0, 0.05) is 29.2 Å². The molecule has 2 aromatic rings. The summed E-state index contributed by atoms with van der Waals surface area (Å²) in [6, 6.07) is 1.86. The molecule has 88 valence electrons. The van der Waals surface area contributed by atoms with E-state index in [0.29, 0.717) is 12.2 Å². The van der Waals surface area contributed by atoms with Crippen molar-refractivity contribution in [1.82, 2.24) is 15.0 Å². The van der Waals surface area contributed by atoms with E-state index in [1.54, 1.807) is 12.4 Å². The van der Waals surface area contributed by atoms with Crippen molar-refractivity contribution in [2.24, 2.45) is 0 Å². The van der Waals surface area contributed by atoms with Gasteiger partial charge in [0.05, 0.1) is 0 Å². The Labute approximate surface area is 99.8 Å². The molecule has 0 aliphatic heterocycles. The van der Waals surface area contributed by atoms with Crippen LogP contribution in [0.4, 0.5) is 0 Å². The molecule has 0 aliphatic rings. The molecule has 4 nitrogen and oxygen atoms in total. The molecular weight excluding hydrogens is 214 g/mol. The molecule has 0 radical (unpaired) electrons. The Morgan fingerprint density at radius 2 is 2.12 bits per heavy atom. The molecule has 0 aromatic carbocycles. The predicted octanol–water partition coefficient (Wildman–Crippen LogP) is 2.01. The molecule has 0 saturated heterocycles. The first-order valence-electron chi connectivity index (χ1n) is 5.64. The number of nitrogens with one attached hydrogen (secondary N) is 1. The van der Waals surface area contributed by atoms with Crippen molar-refractivity contribution in [2.75, 3.05) is 0 Å². The first kappa shape index (κ1) is 11.5. The van der Waals surface area contributed by atoms with E-state index < -0.39 is 0 Å². The molecule has 0 fully saturated rings. The number of hydrogen-bond acceptors (Lipinski definition) is 3. The number of aryl methyl sites for hydroxylation is 2. The number of aromatic nitrogens is 3. The normalized spacial score (nSPS) is 10.5. The molecular formula is C13H15N3O. The molecule has 0 bridgehead atoms. The van der Waals surface area contributed by atoms with E-state index in [2.05, 4.69) is 15.0 Å². The smallest absolute Gasteiger partial charge is 0.254 e. The molecule has 2 heterocycles. The van der Waals surface area contributed by atoms with Crippen molar-refractivity contribution in [1.29, 1.82) is 0 Å². The van der Waals surface area contributed by atoms with E-state index in [-0.39, 0.29) is 5.56 Å². The first-order valence-corrected chi connectivity index (χ1v) is 5.64. The molecule has 17 heavy (non-hydrogen) atoms. The lowest BCUT2D eigenvalue weighted by Crippen LogP contribution is -2.16. The van der Waals surface area contributed by atoms with Gasteiger partial charge in [-0.3, -0.25) is 9.78 Å². The lowest BCUT2D eigenvalue weighted by Gasteiger charge is -2.07. The third kappa shape index (κ3) is 2.11. The van der Waals surface area contributed by atoms with E-state index in [4.69, 9.17) is 0 Å². The van der Waals surface area contributed by atoms with Crippen LogP contribution in [0.25, 0.3) is 11.4 Å². The van der Waals surface area contributed by atoms with Gasteiger partial charge in [0.15, 0.2) is 0 Å². The highest BCUT2D eigenvalue weighted by atomic mass is 16.1. The largest absolute Gasteiger partial charge is 0.306 e. The quantitative estimate of drug-likeness (QED) is 0.857. The van der Waals surface area contributed by atoms with Crippen LogP contribution < -0.4 is 5.56 Å². The minimum absolute atomic E-state index is 0.0498. The Bertz CT molecular complexity index is 602. The molecule has 0 saturated carbocycles. The van der Waals surface area contributed by atoms with Crippen LogP contribution in [0, 0.1) is 13.8 Å². The van der Waals surface area contributed by atoms with Crippen LogP contribution in [0.1, 0.15) is 23.7 Å². The Balaban J connectivity index is 2.63. The summed E-state index contributed by atoms with van der Waals surface area (Å²) in [7, 11) is 0. The molecule has 1 N–H and O–H groups in total. The van der Waals surface area contributed by atoms with Crippen LogP contribution in [0.15, 0.2) is 23.3 Å². The van der Waals surface area contributed by atoms with Gasteiger partial charge in [-0.05, 0) is 31.9 Å². The third-order valence-electron chi connectivity index (χ3n) is 2.85. The molecule has 2 aromatic heterocycles. The fraction of sp³-hybridized carbons (Fsp3) is 0.308. The average Bonchev–Trinajstić information content (AvgIpc) is 2.29. The van der Waals surface area contributed by atoms with Crippen molar-refractivity contribution in [3.05, 3.63) is 45.6 Å². The highest BCUT2D eigenvalue weighted by molar-refractivity contribution is 5.58. The molecule has 4 heteroatoms. The van der Waals surface area contributed by atoms with Crippen LogP contribution in [0.2, 0.25) is 0 Å². The molecule has 0 spiro atoms. The Hall–Kier alpha value is -1.97. The number of rotatable bonds is 2. The van der Waals surface area contributed by atoms with Crippen LogP contribution in [-0.4, -0.2) is 15.0 Å². The van der Waals surface area contributed by atoms with Crippen LogP contribution >= 0.6 is 0 Å². The van der Waals surface area contributed by atoms with Crippen molar-refractivity contribution in [3.8, 4) is 11.4 Å². The highest BCUT2D eigenvalue weighted by Crippen LogP contribution is 2.17. The number of hydrogen-bond donors (Lipinski definition) is 1. The monoisotopic (exact) mass is 229 g/mol. The van der Waals surface area contributed by atoms with Crippen molar-refractivity contribution < 1.29 is 0 Å². The molecule has 0 atom stereocenters. The van der Waals surface area contributed by atoms with Gasteiger partial charge in [-0.15, -0.1) is 0 Å². The van der Waals surface area contributed by atoms with Crippen LogP contribution in [-0.2, 0) is 6.42 Å². The summed E-state index contributed by atoms with van der Waals surface area (Å²) in [5, 5.41) is 0. The zero-order valence-corrected chi connectivity index (χ0v) is 10.2. The van der Waals surface area contributed by atoms with Crippen LogP contribution in [0.5, 0.6) is 0 Å². The van der Waals surface area contributed by atoms with Gasteiger partial charge in [0.1, 0.15) is 5.82 Å². The predicted molar refractivity (Wildman–Crippen MR) is 66.9 cm³/mol. The van der Waals surface area contributed by atoms with Gasteiger partial charge in [-0.1, -0.05) is 6.92 Å². The van der Waals surface area contributed by atoms with E-state index in [0.717, 1.165) is 22.4 Å². The van der Waals surface area contributed by atoms with Crippen molar-refractivity contribution in [3.63, 3.8) is 0 Å². The number of pyridine rings is 1. The van der Waals surface area contributed by atoms with Gasteiger partial charge in [0.2, 0.25) is 0 Å². The zero-order chi connectivity index (χ0) is 12.4. The topological polar surface area (TPSA) is 58.6 Å². The van der Waals surface area contributed by atoms with Gasteiger partial charge in [-0.25, -0.2) is 4.98 Å². The van der Waals surface area contributed by atoms with Crippen molar-refractivity contribution >= 4 is 0 Å². The SMILES string of the molecule is CCc1c(C)nc(-c2ccncc2C)[nH]c1=O. The number of nitrogens with zero attached hydrogens (tertiary/aromatic N) is 2. The minimum atomic E-state index is -0.0498. The molecule has 2 rings (SSSR count). The third-order valence-corrected chi connectivity index (χ3v) is 2.85. The average molecular weight is 229 g/mol. The first-order chi connectivity index (χ1) is 8.13. The van der Waals surface area contributed by atoms with Crippen molar-refractivity contribution in [2.45, 2.75) is 27.2 Å². The second-order valence-corrected chi connectivity index (χ2v) is 4.02.